The minimum absolute atomic E-state index is 0.110. The molecule has 0 saturated heterocycles. The predicted molar refractivity (Wildman–Crippen MR) is 31.1 cm³/mol. The van der Waals surface area contributed by atoms with Crippen molar-refractivity contribution in [3.05, 3.63) is 0 Å². The normalized spacial score (nSPS) is 7.00. The van der Waals surface area contributed by atoms with Gasteiger partial charge in [0.05, 0.1) is 0 Å². The van der Waals surface area contributed by atoms with Gasteiger partial charge in [-0.15, -0.1) is 0 Å². The molecule has 0 aliphatic rings. The maximum Gasteiger partial charge on any atom is 0.204 e. The van der Waals surface area contributed by atoms with Crippen LogP contribution in [0.3, 0.4) is 0 Å². The van der Waals surface area contributed by atoms with Gasteiger partial charge in [-0.25, -0.2) is 0 Å². The Hall–Kier alpha value is -0.335. The molecule has 1 N–H and O–H groups in total. The molecule has 0 heterocycles. The largest absolute Gasteiger partial charge is 0.413 e. The molecule has 0 bridgehead atoms. The van der Waals surface area contributed by atoms with Crippen LogP contribution in [-0.2, 0) is 4.79 Å². The SMILES string of the molecule is [B][B][B]NC(C)=O. The molecule has 0 aliphatic heterocycles. The number of carbonyl (C=O) groups is 1. The highest BCUT2D eigenvalue weighted by atomic mass is 16.1. The lowest BCUT2D eigenvalue weighted by Crippen LogP contribution is -2.29. The van der Waals surface area contributed by atoms with Crippen molar-refractivity contribution in [3.8, 4) is 0 Å². The fourth-order valence-electron chi connectivity index (χ4n) is 0.165. The summed E-state index contributed by atoms with van der Waals surface area (Å²) in [5, 5.41) is 2.35. The molecular weight excluding hydrogens is 86.5 g/mol. The summed E-state index contributed by atoms with van der Waals surface area (Å²) in [6, 6.07) is 0. The zero-order chi connectivity index (χ0) is 5.70. The maximum atomic E-state index is 9.98. The summed E-state index contributed by atoms with van der Waals surface area (Å²) in [5.74, 6) is -0.110. The summed E-state index contributed by atoms with van der Waals surface area (Å²) in [7, 11) is 7.52. The molecule has 0 aliphatic carbocycles. The molecule has 0 rings (SSSR count). The molecule has 5 heteroatoms. The summed E-state index contributed by atoms with van der Waals surface area (Å²) in [5.41, 5.74) is 0. The van der Waals surface area contributed by atoms with E-state index in [-0.39, 0.29) is 5.91 Å². The molecule has 0 fully saturated rings. The standard InChI is InChI=1S/C2H4B3NO/c1-2(7)6-5-4-3/h1H3,(H,6,7). The first-order chi connectivity index (χ1) is 3.27. The molecule has 0 atom stereocenters. The minimum Gasteiger partial charge on any atom is -0.413 e. The Labute approximate surface area is 45.9 Å². The second-order valence-electron chi connectivity index (χ2n) is 1.06. The number of nitrogens with one attached hydrogen (secondary N) is 1. The zero-order valence-electron chi connectivity index (χ0n) is 4.14. The highest BCUT2D eigenvalue weighted by Gasteiger charge is 1.86. The summed E-state index contributed by atoms with van der Waals surface area (Å²) >= 11 is 0. The zero-order valence-corrected chi connectivity index (χ0v) is 4.14. The van der Waals surface area contributed by atoms with Crippen LogP contribution in [0.15, 0.2) is 0 Å². The fraction of sp³-hybridized carbons (Fsp3) is 0.500. The first kappa shape index (κ1) is 6.66. The molecule has 0 unspecified atom stereocenters. The van der Waals surface area contributed by atoms with Crippen LogP contribution in [0.2, 0.25) is 0 Å². The van der Waals surface area contributed by atoms with E-state index in [1.54, 1.807) is 0 Å². The Balaban J connectivity index is 2.82. The van der Waals surface area contributed by atoms with Gasteiger partial charge in [-0.2, -0.15) is 0 Å². The Kier molecular flexibility index (Phi) is 3.66. The van der Waals surface area contributed by atoms with Gasteiger partial charge in [0.2, 0.25) is 5.91 Å². The van der Waals surface area contributed by atoms with Crippen molar-refractivity contribution >= 4 is 28.0 Å². The minimum atomic E-state index is -0.110. The van der Waals surface area contributed by atoms with Crippen molar-refractivity contribution in [2.75, 3.05) is 0 Å². The quantitative estimate of drug-likeness (QED) is 0.409. The van der Waals surface area contributed by atoms with Crippen molar-refractivity contribution in [2.45, 2.75) is 6.92 Å². The summed E-state index contributed by atoms with van der Waals surface area (Å²) in [6.45, 7) is 1.42. The third-order valence-electron chi connectivity index (χ3n) is 0.383. The van der Waals surface area contributed by atoms with E-state index in [9.17, 15) is 4.79 Å². The van der Waals surface area contributed by atoms with Gasteiger partial charge in [0, 0.05) is 21.7 Å². The van der Waals surface area contributed by atoms with Gasteiger partial charge in [0.1, 0.15) is 0 Å². The molecule has 0 aromatic heterocycles. The van der Waals surface area contributed by atoms with Crippen molar-refractivity contribution in [1.82, 2.24) is 5.23 Å². The van der Waals surface area contributed by atoms with Crippen LogP contribution in [0.1, 0.15) is 6.92 Å². The number of hydrogen-bond donors (Lipinski definition) is 1. The first-order valence-corrected chi connectivity index (χ1v) is 1.91. The third kappa shape index (κ3) is 5.66. The molecule has 2 nitrogen and oxygen atoms in total. The lowest BCUT2D eigenvalue weighted by Gasteiger charge is -1.91. The first-order valence-electron chi connectivity index (χ1n) is 1.91. The number of rotatable bonds is 2. The van der Waals surface area contributed by atoms with E-state index in [2.05, 4.69) is 5.23 Å². The smallest absolute Gasteiger partial charge is 0.204 e. The molecule has 32 valence electrons. The lowest BCUT2D eigenvalue weighted by atomic mass is 9.33. The highest BCUT2D eigenvalue weighted by molar-refractivity contribution is 7.23. The van der Waals surface area contributed by atoms with Gasteiger partial charge < -0.3 is 5.23 Å². The second kappa shape index (κ2) is 3.84. The highest BCUT2D eigenvalue weighted by Crippen LogP contribution is 1.51. The van der Waals surface area contributed by atoms with Crippen molar-refractivity contribution in [1.29, 1.82) is 0 Å². The summed E-state index contributed by atoms with van der Waals surface area (Å²) in [4.78, 5) is 9.98. The Morgan fingerprint density at radius 3 is 2.57 bits per heavy atom. The number of hydrogen-bond acceptors (Lipinski definition) is 1. The maximum absolute atomic E-state index is 9.98. The van der Waals surface area contributed by atoms with Crippen molar-refractivity contribution < 1.29 is 4.79 Å². The summed E-state index contributed by atoms with van der Waals surface area (Å²) < 4.78 is 0. The molecule has 0 spiro atoms. The second-order valence-corrected chi connectivity index (χ2v) is 1.06. The molecule has 0 aromatic rings. The molecule has 0 aromatic carbocycles. The molecule has 1 amide bonds. The number of carbonyl (C=O) groups excluding carboxylic acids is 1. The van der Waals surface area contributed by atoms with E-state index in [1.165, 1.54) is 21.3 Å². The van der Waals surface area contributed by atoms with Crippen molar-refractivity contribution in [3.63, 3.8) is 0 Å². The Morgan fingerprint density at radius 1 is 1.86 bits per heavy atom. The molecule has 4 radical (unpaired) electrons. The van der Waals surface area contributed by atoms with Gasteiger partial charge in [-0.1, -0.05) is 0 Å². The Morgan fingerprint density at radius 2 is 2.43 bits per heavy atom. The van der Waals surface area contributed by atoms with Crippen LogP contribution >= 0.6 is 0 Å². The topological polar surface area (TPSA) is 29.1 Å². The van der Waals surface area contributed by atoms with Gasteiger partial charge >= 0.3 is 0 Å². The average molecular weight is 90.5 g/mol. The van der Waals surface area contributed by atoms with Crippen LogP contribution < -0.4 is 5.23 Å². The van der Waals surface area contributed by atoms with Crippen LogP contribution in [0.4, 0.5) is 0 Å². The third-order valence-corrected chi connectivity index (χ3v) is 0.383. The van der Waals surface area contributed by atoms with Crippen LogP contribution in [0.5, 0.6) is 0 Å². The molecule has 7 heavy (non-hydrogen) atoms. The lowest BCUT2D eigenvalue weighted by molar-refractivity contribution is -0.117. The molecular formula is C2H4B3NO. The van der Waals surface area contributed by atoms with Gasteiger partial charge in [0.15, 0.2) is 7.31 Å². The van der Waals surface area contributed by atoms with E-state index < -0.39 is 0 Å². The van der Waals surface area contributed by atoms with Crippen LogP contribution in [0.25, 0.3) is 0 Å². The van der Waals surface area contributed by atoms with Crippen molar-refractivity contribution in [2.24, 2.45) is 0 Å². The predicted octanol–water partition coefficient (Wildman–Crippen LogP) is -1.56. The van der Waals surface area contributed by atoms with E-state index in [0.717, 1.165) is 0 Å². The summed E-state index contributed by atoms with van der Waals surface area (Å²) in [6.07, 6.45) is 0. The van der Waals surface area contributed by atoms with E-state index in [1.807, 2.05) is 0 Å². The number of amides is 1. The van der Waals surface area contributed by atoms with Gasteiger partial charge in [-0.3, -0.25) is 4.79 Å². The van der Waals surface area contributed by atoms with E-state index in [4.69, 9.17) is 7.74 Å². The van der Waals surface area contributed by atoms with E-state index >= 15 is 0 Å². The average Bonchev–Trinajstić information content (AvgIpc) is 1.61. The van der Waals surface area contributed by atoms with Gasteiger partial charge in [0.25, 0.3) is 0 Å². The molecule has 0 saturated carbocycles. The Bertz CT molecular complexity index is 66.0. The monoisotopic (exact) mass is 91.1 g/mol. The van der Waals surface area contributed by atoms with Gasteiger partial charge in [-0.05, 0) is 0 Å². The fourth-order valence-corrected chi connectivity index (χ4v) is 0.165. The van der Waals surface area contributed by atoms with Crippen LogP contribution in [0, 0.1) is 0 Å². The van der Waals surface area contributed by atoms with E-state index in [0.29, 0.717) is 0 Å². The van der Waals surface area contributed by atoms with Crippen LogP contribution in [-0.4, -0.2) is 28.0 Å².